The third kappa shape index (κ3) is 4.09. The van der Waals surface area contributed by atoms with Crippen molar-refractivity contribution in [2.75, 3.05) is 20.3 Å². The minimum absolute atomic E-state index is 0.0795. The Bertz CT molecular complexity index is 699. The minimum atomic E-state index is -0.265. The highest BCUT2D eigenvalue weighted by Crippen LogP contribution is 2.25. The Morgan fingerprint density at radius 2 is 2.21 bits per heavy atom. The van der Waals surface area contributed by atoms with Crippen LogP contribution in [0.5, 0.6) is 0 Å². The largest absolute Gasteiger partial charge is 0.394 e. The summed E-state index contributed by atoms with van der Waals surface area (Å²) in [6.45, 7) is 5.18. The van der Waals surface area contributed by atoms with Crippen molar-refractivity contribution < 1.29 is 14.6 Å². The molecule has 2 aromatic rings. The third-order valence-electron chi connectivity index (χ3n) is 4.47. The summed E-state index contributed by atoms with van der Waals surface area (Å²) in [6.07, 6.45) is 2.70. The van der Waals surface area contributed by atoms with Gasteiger partial charge in [-0.25, -0.2) is 0 Å². The quantitative estimate of drug-likeness (QED) is 0.767. The normalized spacial score (nSPS) is 13.9. The highest BCUT2D eigenvalue weighted by molar-refractivity contribution is 6.31. The molecular formula is C18H25ClN2O3. The van der Waals surface area contributed by atoms with Gasteiger partial charge >= 0.3 is 0 Å². The Labute approximate surface area is 147 Å². The van der Waals surface area contributed by atoms with Crippen LogP contribution in [0, 0.1) is 5.92 Å². The van der Waals surface area contributed by atoms with Crippen LogP contribution >= 0.6 is 11.6 Å². The van der Waals surface area contributed by atoms with Crippen LogP contribution in [-0.2, 0) is 11.3 Å². The number of carbonyl (C=O) groups is 1. The van der Waals surface area contributed by atoms with Gasteiger partial charge in [-0.05, 0) is 24.1 Å². The van der Waals surface area contributed by atoms with E-state index in [1.165, 1.54) is 0 Å². The number of halogens is 1. The average Bonchev–Trinajstić information content (AvgIpc) is 2.94. The van der Waals surface area contributed by atoms with E-state index >= 15 is 0 Å². The summed E-state index contributed by atoms with van der Waals surface area (Å²) in [7, 11) is 1.65. The summed E-state index contributed by atoms with van der Waals surface area (Å²) in [5.41, 5.74) is 1.50. The van der Waals surface area contributed by atoms with Gasteiger partial charge in [-0.3, -0.25) is 4.79 Å². The topological polar surface area (TPSA) is 63.5 Å². The molecule has 0 aliphatic rings. The highest BCUT2D eigenvalue weighted by atomic mass is 35.5. The first-order chi connectivity index (χ1) is 11.5. The van der Waals surface area contributed by atoms with Gasteiger partial charge in [0, 0.05) is 35.8 Å². The molecule has 0 unspecified atom stereocenters. The van der Waals surface area contributed by atoms with Gasteiger partial charge in [-0.15, -0.1) is 0 Å². The van der Waals surface area contributed by atoms with E-state index in [1.807, 2.05) is 36.7 Å². The summed E-state index contributed by atoms with van der Waals surface area (Å²) >= 11 is 6.11. The lowest BCUT2D eigenvalue weighted by Gasteiger charge is -2.21. The van der Waals surface area contributed by atoms with Gasteiger partial charge in [0.2, 0.25) is 0 Å². The van der Waals surface area contributed by atoms with Gasteiger partial charge in [0.05, 0.1) is 24.8 Å². The molecule has 0 saturated heterocycles. The van der Waals surface area contributed by atoms with E-state index in [9.17, 15) is 9.90 Å². The standard InChI is InChI=1S/C18H25ClN2O3/c1-4-12(2)16(11-22)20-18(23)15-10-21(7-8-24-3)17-6-5-13(19)9-14(15)17/h5-6,9-10,12,16,22H,4,7-8,11H2,1-3H3,(H,20,23)/t12-,16-/m0/s1. The van der Waals surface area contributed by atoms with Crippen LogP contribution in [-0.4, -0.2) is 41.9 Å². The zero-order valence-corrected chi connectivity index (χ0v) is 15.1. The Balaban J connectivity index is 2.36. The number of fused-ring (bicyclic) bond motifs is 1. The van der Waals surface area contributed by atoms with Crippen LogP contribution in [0.25, 0.3) is 10.9 Å². The zero-order valence-electron chi connectivity index (χ0n) is 14.4. The Morgan fingerprint density at radius 3 is 2.83 bits per heavy atom. The second-order valence-corrected chi connectivity index (χ2v) is 6.47. The molecule has 6 heteroatoms. The number of methoxy groups -OCH3 is 1. The maximum atomic E-state index is 12.7. The van der Waals surface area contributed by atoms with Gasteiger partial charge in [-0.1, -0.05) is 31.9 Å². The van der Waals surface area contributed by atoms with Gasteiger partial charge in [-0.2, -0.15) is 0 Å². The first kappa shape index (κ1) is 18.8. The number of aliphatic hydroxyl groups excluding tert-OH is 1. The van der Waals surface area contributed by atoms with Crippen LogP contribution in [0.3, 0.4) is 0 Å². The molecule has 0 spiro atoms. The van der Waals surface area contributed by atoms with E-state index in [0.717, 1.165) is 17.3 Å². The fourth-order valence-electron chi connectivity index (χ4n) is 2.72. The predicted octanol–water partition coefficient (Wildman–Crippen LogP) is 3.08. The van der Waals surface area contributed by atoms with Crippen molar-refractivity contribution in [1.82, 2.24) is 9.88 Å². The first-order valence-corrected chi connectivity index (χ1v) is 8.58. The number of rotatable bonds is 8. The van der Waals surface area contributed by atoms with E-state index < -0.39 is 0 Å². The van der Waals surface area contributed by atoms with Gasteiger partial charge in [0.1, 0.15) is 0 Å². The Kier molecular flexibility index (Phi) is 6.66. The summed E-state index contributed by atoms with van der Waals surface area (Å²) in [5.74, 6) is 0.00200. The summed E-state index contributed by atoms with van der Waals surface area (Å²) in [5, 5.41) is 13.9. The first-order valence-electron chi connectivity index (χ1n) is 8.20. The van der Waals surface area contributed by atoms with Gasteiger partial charge in [0.15, 0.2) is 0 Å². The molecule has 1 heterocycles. The molecule has 0 bridgehead atoms. The number of benzene rings is 1. The van der Waals surface area contributed by atoms with Crippen LogP contribution in [0.2, 0.25) is 5.02 Å². The molecular weight excluding hydrogens is 328 g/mol. The van der Waals surface area contributed by atoms with Gasteiger partial charge in [0.25, 0.3) is 5.91 Å². The van der Waals surface area contributed by atoms with Crippen molar-refractivity contribution in [1.29, 1.82) is 0 Å². The number of amides is 1. The highest BCUT2D eigenvalue weighted by Gasteiger charge is 2.21. The lowest BCUT2D eigenvalue weighted by Crippen LogP contribution is -2.41. The molecule has 2 rings (SSSR count). The number of nitrogens with zero attached hydrogens (tertiary/aromatic N) is 1. The number of aliphatic hydroxyl groups is 1. The fourth-order valence-corrected chi connectivity index (χ4v) is 2.90. The van der Waals surface area contributed by atoms with Crippen molar-refractivity contribution >= 4 is 28.4 Å². The number of hydrogen-bond donors (Lipinski definition) is 2. The zero-order chi connectivity index (χ0) is 17.7. The molecule has 2 atom stereocenters. The molecule has 1 aromatic carbocycles. The van der Waals surface area contributed by atoms with Crippen LogP contribution in [0.15, 0.2) is 24.4 Å². The molecule has 132 valence electrons. The molecule has 1 amide bonds. The number of nitrogens with one attached hydrogen (secondary N) is 1. The lowest BCUT2D eigenvalue weighted by molar-refractivity contribution is 0.0892. The van der Waals surface area contributed by atoms with Gasteiger partial charge < -0.3 is 19.7 Å². The maximum Gasteiger partial charge on any atom is 0.253 e. The monoisotopic (exact) mass is 352 g/mol. The number of aromatic nitrogens is 1. The van der Waals surface area contributed by atoms with E-state index in [1.54, 1.807) is 13.2 Å². The Hall–Kier alpha value is -1.56. The summed E-state index contributed by atoms with van der Waals surface area (Å²) in [4.78, 5) is 12.7. The molecule has 0 aliphatic heterocycles. The van der Waals surface area contributed by atoms with Crippen LogP contribution in [0.1, 0.15) is 30.6 Å². The van der Waals surface area contributed by atoms with Crippen LogP contribution in [0.4, 0.5) is 0 Å². The molecule has 24 heavy (non-hydrogen) atoms. The molecule has 0 saturated carbocycles. The molecule has 0 fully saturated rings. The summed E-state index contributed by atoms with van der Waals surface area (Å²) in [6, 6.07) is 5.25. The number of hydrogen-bond acceptors (Lipinski definition) is 3. The van der Waals surface area contributed by atoms with Crippen molar-refractivity contribution in [3.63, 3.8) is 0 Å². The maximum absolute atomic E-state index is 12.7. The molecule has 5 nitrogen and oxygen atoms in total. The molecule has 1 aromatic heterocycles. The fraction of sp³-hybridized carbons (Fsp3) is 0.500. The van der Waals surface area contributed by atoms with E-state index in [2.05, 4.69) is 5.32 Å². The van der Waals surface area contributed by atoms with Crippen molar-refractivity contribution in [3.8, 4) is 0 Å². The third-order valence-corrected chi connectivity index (χ3v) is 4.70. The van der Waals surface area contributed by atoms with Crippen molar-refractivity contribution in [2.45, 2.75) is 32.9 Å². The van der Waals surface area contributed by atoms with Crippen molar-refractivity contribution in [2.24, 2.45) is 5.92 Å². The Morgan fingerprint density at radius 1 is 1.46 bits per heavy atom. The lowest BCUT2D eigenvalue weighted by atomic mass is 9.99. The molecule has 2 N–H and O–H groups in total. The average molecular weight is 353 g/mol. The van der Waals surface area contributed by atoms with E-state index in [4.69, 9.17) is 16.3 Å². The second-order valence-electron chi connectivity index (χ2n) is 6.04. The minimum Gasteiger partial charge on any atom is -0.394 e. The number of ether oxygens (including phenoxy) is 1. The summed E-state index contributed by atoms with van der Waals surface area (Å²) < 4.78 is 7.12. The van der Waals surface area contributed by atoms with E-state index in [0.29, 0.717) is 23.7 Å². The second kappa shape index (κ2) is 8.51. The number of carbonyl (C=O) groups excluding carboxylic acids is 1. The van der Waals surface area contributed by atoms with Crippen LogP contribution < -0.4 is 5.32 Å². The smallest absolute Gasteiger partial charge is 0.253 e. The predicted molar refractivity (Wildman–Crippen MR) is 96.6 cm³/mol. The molecule has 0 radical (unpaired) electrons. The molecule has 0 aliphatic carbocycles. The van der Waals surface area contributed by atoms with Crippen molar-refractivity contribution in [3.05, 3.63) is 35.0 Å². The SMILES string of the molecule is CC[C@H](C)[C@H](CO)NC(=O)c1cn(CCOC)c2ccc(Cl)cc12. The van der Waals surface area contributed by atoms with E-state index in [-0.39, 0.29) is 24.5 Å².